The molecule has 1 aromatic carbocycles. The Balaban J connectivity index is 1.55. The van der Waals surface area contributed by atoms with Gasteiger partial charge in [-0.25, -0.2) is 0 Å². The first kappa shape index (κ1) is 13.8. The predicted octanol–water partition coefficient (Wildman–Crippen LogP) is 2.16. The van der Waals surface area contributed by atoms with Crippen LogP contribution in [0.25, 0.3) is 0 Å². The quantitative estimate of drug-likeness (QED) is 0.863. The highest BCUT2D eigenvalue weighted by atomic mass is 32.1. The molecule has 4 heteroatoms. The van der Waals surface area contributed by atoms with Gasteiger partial charge in [0.15, 0.2) is 0 Å². The van der Waals surface area contributed by atoms with Crippen molar-refractivity contribution in [2.24, 2.45) is 11.7 Å². The molecular weight excluding hydrogens is 268 g/mol. The number of hydrogen-bond acceptors (Lipinski definition) is 3. The van der Waals surface area contributed by atoms with Crippen LogP contribution in [0.2, 0.25) is 0 Å². The molecule has 1 aromatic rings. The van der Waals surface area contributed by atoms with Crippen LogP contribution >= 0.6 is 12.2 Å². The van der Waals surface area contributed by atoms with Gasteiger partial charge in [0.25, 0.3) is 0 Å². The number of likely N-dealkylation sites (tertiary alicyclic amines) is 1. The van der Waals surface area contributed by atoms with Gasteiger partial charge in [0.05, 0.1) is 11.6 Å². The number of ether oxygens (including phenoxy) is 1. The summed E-state index contributed by atoms with van der Waals surface area (Å²) >= 11 is 5.14. The number of rotatable bonds is 4. The third-order valence-electron chi connectivity index (χ3n) is 4.38. The first-order valence-corrected chi connectivity index (χ1v) is 7.89. The zero-order chi connectivity index (χ0) is 13.9. The summed E-state index contributed by atoms with van der Waals surface area (Å²) in [5, 5.41) is 0. The minimum atomic E-state index is 0.409. The molecule has 2 heterocycles. The molecule has 3 rings (SSSR count). The van der Waals surface area contributed by atoms with Crippen molar-refractivity contribution >= 4 is 17.2 Å². The summed E-state index contributed by atoms with van der Waals surface area (Å²) in [6.45, 7) is 4.13. The minimum Gasteiger partial charge on any atom is -0.493 e. The van der Waals surface area contributed by atoms with Crippen molar-refractivity contribution in [3.05, 3.63) is 29.3 Å². The monoisotopic (exact) mass is 290 g/mol. The molecule has 20 heavy (non-hydrogen) atoms. The zero-order valence-electron chi connectivity index (χ0n) is 11.8. The van der Waals surface area contributed by atoms with E-state index in [4.69, 9.17) is 22.7 Å². The Bertz CT molecular complexity index is 503. The van der Waals surface area contributed by atoms with Crippen LogP contribution in [-0.2, 0) is 12.8 Å². The van der Waals surface area contributed by atoms with Crippen molar-refractivity contribution in [1.29, 1.82) is 0 Å². The van der Waals surface area contributed by atoms with E-state index >= 15 is 0 Å². The van der Waals surface area contributed by atoms with Crippen molar-refractivity contribution in [3.63, 3.8) is 0 Å². The fourth-order valence-electron chi connectivity index (χ4n) is 3.17. The van der Waals surface area contributed by atoms with Crippen LogP contribution in [-0.4, -0.2) is 36.1 Å². The van der Waals surface area contributed by atoms with Gasteiger partial charge in [-0.2, -0.15) is 0 Å². The molecule has 0 amide bonds. The summed E-state index contributed by atoms with van der Waals surface area (Å²) < 4.78 is 5.55. The van der Waals surface area contributed by atoms with Gasteiger partial charge >= 0.3 is 0 Å². The lowest BCUT2D eigenvalue weighted by Gasteiger charge is -2.32. The maximum Gasteiger partial charge on any atom is 0.122 e. The smallest absolute Gasteiger partial charge is 0.122 e. The molecule has 2 aliphatic rings. The SMILES string of the molecule is NC(=S)C1CCCN(CCc2ccc3c(c2)CCO3)C1. The van der Waals surface area contributed by atoms with E-state index in [0.29, 0.717) is 10.9 Å². The number of hydrogen-bond donors (Lipinski definition) is 1. The Morgan fingerprint density at radius 1 is 1.45 bits per heavy atom. The lowest BCUT2D eigenvalue weighted by atomic mass is 9.97. The molecular formula is C16H22N2OS. The molecule has 3 nitrogen and oxygen atoms in total. The largest absolute Gasteiger partial charge is 0.493 e. The standard InChI is InChI=1S/C16H22N2OS/c17-16(20)14-2-1-7-18(11-14)8-5-12-3-4-15-13(10-12)6-9-19-15/h3-4,10,14H,1-2,5-9,11H2,(H2,17,20). The molecule has 2 N–H and O–H groups in total. The zero-order valence-corrected chi connectivity index (χ0v) is 12.6. The van der Waals surface area contributed by atoms with E-state index in [1.165, 1.54) is 24.1 Å². The highest BCUT2D eigenvalue weighted by Gasteiger charge is 2.21. The second-order valence-electron chi connectivity index (χ2n) is 5.83. The molecule has 1 fully saturated rings. The normalized spacial score (nSPS) is 22.3. The summed E-state index contributed by atoms with van der Waals surface area (Å²) in [7, 11) is 0. The van der Waals surface area contributed by atoms with E-state index in [1.54, 1.807) is 0 Å². The van der Waals surface area contributed by atoms with Crippen LogP contribution in [0.15, 0.2) is 18.2 Å². The molecule has 0 aliphatic carbocycles. The van der Waals surface area contributed by atoms with E-state index < -0.39 is 0 Å². The first-order valence-electron chi connectivity index (χ1n) is 7.48. The van der Waals surface area contributed by atoms with Gasteiger partial charge in [0.1, 0.15) is 5.75 Å². The fraction of sp³-hybridized carbons (Fsp3) is 0.562. The molecule has 108 valence electrons. The third-order valence-corrected chi connectivity index (χ3v) is 4.71. The minimum absolute atomic E-state index is 0.409. The lowest BCUT2D eigenvalue weighted by Crippen LogP contribution is -2.41. The van der Waals surface area contributed by atoms with Crippen LogP contribution in [0.1, 0.15) is 24.0 Å². The molecule has 1 saturated heterocycles. The van der Waals surface area contributed by atoms with E-state index in [9.17, 15) is 0 Å². The summed E-state index contributed by atoms with van der Waals surface area (Å²) in [4.78, 5) is 3.18. The average Bonchev–Trinajstić information content (AvgIpc) is 2.93. The van der Waals surface area contributed by atoms with Crippen molar-refractivity contribution in [3.8, 4) is 5.75 Å². The predicted molar refractivity (Wildman–Crippen MR) is 85.3 cm³/mol. The van der Waals surface area contributed by atoms with Gasteiger partial charge in [-0.1, -0.05) is 24.4 Å². The fourth-order valence-corrected chi connectivity index (χ4v) is 3.37. The summed E-state index contributed by atoms with van der Waals surface area (Å²) in [5.41, 5.74) is 8.56. The number of nitrogens with two attached hydrogens (primary N) is 1. The molecule has 1 unspecified atom stereocenters. The Morgan fingerprint density at radius 3 is 3.20 bits per heavy atom. The summed E-state index contributed by atoms with van der Waals surface area (Å²) in [6, 6.07) is 6.61. The van der Waals surface area contributed by atoms with Crippen molar-refractivity contribution in [1.82, 2.24) is 4.90 Å². The number of piperidine rings is 1. The van der Waals surface area contributed by atoms with Gasteiger partial charge in [0, 0.05) is 25.4 Å². The third kappa shape index (κ3) is 3.13. The highest BCUT2D eigenvalue weighted by molar-refractivity contribution is 7.80. The van der Waals surface area contributed by atoms with Crippen LogP contribution in [0, 0.1) is 5.92 Å². The Morgan fingerprint density at radius 2 is 2.35 bits per heavy atom. The van der Waals surface area contributed by atoms with Crippen LogP contribution in [0.3, 0.4) is 0 Å². The van der Waals surface area contributed by atoms with Crippen molar-refractivity contribution in [2.45, 2.75) is 25.7 Å². The summed E-state index contributed by atoms with van der Waals surface area (Å²) in [5.74, 6) is 1.48. The van der Waals surface area contributed by atoms with Crippen LogP contribution in [0.5, 0.6) is 5.75 Å². The van der Waals surface area contributed by atoms with Gasteiger partial charge in [-0.05, 0) is 43.0 Å². The average molecular weight is 290 g/mol. The van der Waals surface area contributed by atoms with Gasteiger partial charge in [-0.15, -0.1) is 0 Å². The highest BCUT2D eigenvalue weighted by Crippen LogP contribution is 2.26. The molecule has 1 atom stereocenters. The molecule has 0 aromatic heterocycles. The molecule has 0 bridgehead atoms. The van der Waals surface area contributed by atoms with Gasteiger partial charge in [-0.3, -0.25) is 0 Å². The number of fused-ring (bicyclic) bond motifs is 1. The van der Waals surface area contributed by atoms with E-state index in [0.717, 1.165) is 44.7 Å². The van der Waals surface area contributed by atoms with Gasteiger partial charge in [0.2, 0.25) is 0 Å². The van der Waals surface area contributed by atoms with Crippen molar-refractivity contribution in [2.75, 3.05) is 26.2 Å². The maximum atomic E-state index is 5.79. The first-order chi connectivity index (χ1) is 9.72. The van der Waals surface area contributed by atoms with E-state index in [1.807, 2.05) is 0 Å². The number of nitrogens with zero attached hydrogens (tertiary/aromatic N) is 1. The van der Waals surface area contributed by atoms with E-state index in [2.05, 4.69) is 23.1 Å². The molecule has 0 radical (unpaired) electrons. The maximum absolute atomic E-state index is 5.79. The second kappa shape index (κ2) is 6.10. The Labute approximate surface area is 126 Å². The van der Waals surface area contributed by atoms with Crippen LogP contribution < -0.4 is 10.5 Å². The summed E-state index contributed by atoms with van der Waals surface area (Å²) in [6.07, 6.45) is 4.51. The van der Waals surface area contributed by atoms with Gasteiger partial charge < -0.3 is 15.4 Å². The molecule has 0 spiro atoms. The Kier molecular flexibility index (Phi) is 4.22. The number of benzene rings is 1. The topological polar surface area (TPSA) is 38.5 Å². The van der Waals surface area contributed by atoms with Crippen molar-refractivity contribution < 1.29 is 4.74 Å². The van der Waals surface area contributed by atoms with Crippen LogP contribution in [0.4, 0.5) is 0 Å². The van der Waals surface area contributed by atoms with E-state index in [-0.39, 0.29) is 0 Å². The second-order valence-corrected chi connectivity index (χ2v) is 6.30. The number of thiocarbonyl (C=S) groups is 1. The molecule has 2 aliphatic heterocycles. The lowest BCUT2D eigenvalue weighted by molar-refractivity contribution is 0.207. The molecule has 0 saturated carbocycles. The Hall–Kier alpha value is -1.13.